The Morgan fingerprint density at radius 3 is 2.58 bits per heavy atom. The maximum atomic E-state index is 13.0. The van der Waals surface area contributed by atoms with Crippen molar-refractivity contribution in [2.45, 2.75) is 38.0 Å². The molecule has 0 bridgehead atoms. The molecule has 0 unspecified atom stereocenters. The van der Waals surface area contributed by atoms with E-state index in [-0.39, 0.29) is 12.7 Å². The molecule has 2 saturated heterocycles. The third-order valence-corrected chi connectivity index (χ3v) is 7.10. The molecule has 5 rings (SSSR count). The highest BCUT2D eigenvalue weighted by Gasteiger charge is 2.41. The average molecular weight is 505 g/mol. The van der Waals surface area contributed by atoms with Gasteiger partial charge in [-0.2, -0.15) is 13.2 Å². The molecule has 3 aromatic rings. The normalized spacial score (nSPS) is 19.0. The number of carboxylic acids is 1. The van der Waals surface area contributed by atoms with Crippen molar-refractivity contribution in [3.63, 3.8) is 0 Å². The lowest BCUT2D eigenvalue weighted by atomic mass is 9.81. The molecule has 11 heteroatoms. The van der Waals surface area contributed by atoms with E-state index in [1.165, 1.54) is 6.07 Å². The van der Waals surface area contributed by atoms with Gasteiger partial charge in [0, 0.05) is 38.1 Å². The molecule has 4 heterocycles. The van der Waals surface area contributed by atoms with Crippen molar-refractivity contribution in [1.29, 1.82) is 0 Å². The zero-order valence-corrected chi connectivity index (χ0v) is 19.6. The van der Waals surface area contributed by atoms with E-state index in [1.54, 1.807) is 6.20 Å². The predicted octanol–water partition coefficient (Wildman–Crippen LogP) is 4.51. The minimum absolute atomic E-state index is 0.00303. The molecule has 36 heavy (non-hydrogen) atoms. The van der Waals surface area contributed by atoms with Gasteiger partial charge >= 0.3 is 12.1 Å². The maximum absolute atomic E-state index is 13.0. The van der Waals surface area contributed by atoms with Gasteiger partial charge in [0.2, 0.25) is 0 Å². The van der Waals surface area contributed by atoms with Crippen LogP contribution in [0.1, 0.15) is 31.2 Å². The predicted molar refractivity (Wildman–Crippen MR) is 126 cm³/mol. The molecule has 192 valence electrons. The SMILES string of the molecule is O=C(O)C1(COC2CCN(c3ccc(-c4nc5ccc(C(F)(F)F)cc5[nH]4)cn3)CC2)CCOCC1. The van der Waals surface area contributed by atoms with Gasteiger partial charge in [0.1, 0.15) is 11.6 Å². The molecule has 1 aromatic carbocycles. The van der Waals surface area contributed by atoms with Crippen LogP contribution in [0.5, 0.6) is 0 Å². The number of fused-ring (bicyclic) bond motifs is 1. The van der Waals surface area contributed by atoms with Crippen molar-refractivity contribution in [3.05, 3.63) is 42.1 Å². The summed E-state index contributed by atoms with van der Waals surface area (Å²) in [5.74, 6) is 0.424. The van der Waals surface area contributed by atoms with Crippen molar-refractivity contribution in [3.8, 4) is 11.4 Å². The van der Waals surface area contributed by atoms with Gasteiger partial charge in [0.15, 0.2) is 0 Å². The number of imidazole rings is 1. The Morgan fingerprint density at radius 2 is 1.94 bits per heavy atom. The number of anilines is 1. The van der Waals surface area contributed by atoms with Crippen LogP contribution in [0, 0.1) is 5.41 Å². The Morgan fingerprint density at radius 1 is 1.19 bits per heavy atom. The number of rotatable bonds is 6. The number of H-pyrrole nitrogens is 1. The fourth-order valence-corrected chi connectivity index (χ4v) is 4.75. The highest BCUT2D eigenvalue weighted by Crippen LogP contribution is 2.34. The second-order valence-corrected chi connectivity index (χ2v) is 9.42. The number of aliphatic carboxylic acids is 1. The minimum atomic E-state index is -4.41. The van der Waals surface area contributed by atoms with Crippen LogP contribution in [-0.4, -0.2) is 65.0 Å². The molecular weight excluding hydrogens is 477 g/mol. The number of halogens is 3. The molecule has 0 spiro atoms. The third-order valence-electron chi connectivity index (χ3n) is 7.10. The van der Waals surface area contributed by atoms with Crippen molar-refractivity contribution in [2.75, 3.05) is 37.8 Å². The van der Waals surface area contributed by atoms with Crippen LogP contribution >= 0.6 is 0 Å². The number of pyridine rings is 1. The zero-order chi connectivity index (χ0) is 25.3. The number of hydrogen-bond donors (Lipinski definition) is 2. The van der Waals surface area contributed by atoms with Gasteiger partial charge in [-0.1, -0.05) is 0 Å². The third kappa shape index (κ3) is 5.03. The van der Waals surface area contributed by atoms with Crippen LogP contribution in [0.3, 0.4) is 0 Å². The summed E-state index contributed by atoms with van der Waals surface area (Å²) in [6, 6.07) is 7.14. The first-order valence-electron chi connectivity index (χ1n) is 11.9. The summed E-state index contributed by atoms with van der Waals surface area (Å²) in [6.45, 7) is 2.54. The summed E-state index contributed by atoms with van der Waals surface area (Å²) in [5.41, 5.74) is -0.141. The number of benzene rings is 1. The van der Waals surface area contributed by atoms with Crippen molar-refractivity contribution < 1.29 is 32.5 Å². The lowest BCUT2D eigenvalue weighted by Crippen LogP contribution is -2.44. The van der Waals surface area contributed by atoms with Crippen LogP contribution in [-0.2, 0) is 20.4 Å². The standard InChI is InChI=1S/C25H27F3N4O4/c26-25(27,28)17-2-3-19-20(13-17)31-22(30-19)16-1-4-21(29-14-16)32-9-5-18(6-10-32)36-15-24(23(33)34)7-11-35-12-8-24/h1-4,13-14,18H,5-12,15H2,(H,30,31)(H,33,34). The van der Waals surface area contributed by atoms with Crippen molar-refractivity contribution in [1.82, 2.24) is 15.0 Å². The second kappa shape index (κ2) is 9.70. The molecule has 2 N–H and O–H groups in total. The van der Waals surface area contributed by atoms with Gasteiger partial charge < -0.3 is 24.5 Å². The number of carbonyl (C=O) groups is 1. The van der Waals surface area contributed by atoms with Gasteiger partial charge in [-0.3, -0.25) is 4.79 Å². The Balaban J connectivity index is 1.19. The van der Waals surface area contributed by atoms with Gasteiger partial charge in [-0.15, -0.1) is 0 Å². The van der Waals surface area contributed by atoms with Crippen LogP contribution in [0.15, 0.2) is 36.5 Å². The summed E-state index contributed by atoms with van der Waals surface area (Å²) in [6.07, 6.45) is -0.303. The Bertz CT molecular complexity index is 1210. The molecular formula is C25H27F3N4O4. The number of aromatic amines is 1. The molecule has 2 aromatic heterocycles. The molecule has 0 radical (unpaired) electrons. The van der Waals surface area contributed by atoms with E-state index in [0.29, 0.717) is 48.5 Å². The van der Waals surface area contributed by atoms with E-state index in [2.05, 4.69) is 19.9 Å². The van der Waals surface area contributed by atoms with Gasteiger partial charge in [-0.05, 0) is 56.0 Å². The van der Waals surface area contributed by atoms with Crippen molar-refractivity contribution >= 4 is 22.8 Å². The van der Waals surface area contributed by atoms with Crippen LogP contribution in [0.25, 0.3) is 22.4 Å². The van der Waals surface area contributed by atoms with E-state index < -0.39 is 23.1 Å². The summed E-state index contributed by atoms with van der Waals surface area (Å²) >= 11 is 0. The number of ether oxygens (including phenoxy) is 2. The quantitative estimate of drug-likeness (QED) is 0.509. The molecule has 2 aliphatic rings. The monoisotopic (exact) mass is 504 g/mol. The first-order valence-corrected chi connectivity index (χ1v) is 11.9. The van der Waals surface area contributed by atoms with Crippen LogP contribution in [0.4, 0.5) is 19.0 Å². The molecule has 2 aliphatic heterocycles. The first kappa shape index (κ1) is 24.5. The molecule has 0 amide bonds. The number of hydrogen-bond acceptors (Lipinski definition) is 6. The maximum Gasteiger partial charge on any atom is 0.416 e. The average Bonchev–Trinajstić information content (AvgIpc) is 3.31. The Labute approximate surface area is 205 Å². The zero-order valence-electron chi connectivity index (χ0n) is 19.6. The van der Waals surface area contributed by atoms with E-state index in [1.807, 2.05) is 12.1 Å². The Hall–Kier alpha value is -3.18. The topological polar surface area (TPSA) is 101 Å². The number of nitrogens with one attached hydrogen (secondary N) is 1. The van der Waals surface area contributed by atoms with E-state index >= 15 is 0 Å². The summed E-state index contributed by atoms with van der Waals surface area (Å²) < 4.78 is 50.3. The highest BCUT2D eigenvalue weighted by atomic mass is 19.4. The first-order chi connectivity index (χ1) is 17.2. The molecule has 0 saturated carbocycles. The lowest BCUT2D eigenvalue weighted by molar-refractivity contribution is -0.163. The van der Waals surface area contributed by atoms with Gasteiger partial charge in [-0.25, -0.2) is 9.97 Å². The number of carboxylic acid groups (broad SMARTS) is 1. The number of aromatic nitrogens is 3. The fourth-order valence-electron chi connectivity index (χ4n) is 4.75. The summed E-state index contributed by atoms with van der Waals surface area (Å²) in [5, 5.41) is 9.70. The number of alkyl halides is 3. The van der Waals surface area contributed by atoms with E-state index in [0.717, 1.165) is 43.9 Å². The molecule has 2 fully saturated rings. The van der Waals surface area contributed by atoms with Gasteiger partial charge in [0.25, 0.3) is 0 Å². The number of piperidine rings is 1. The van der Waals surface area contributed by atoms with Crippen LogP contribution < -0.4 is 4.90 Å². The highest BCUT2D eigenvalue weighted by molar-refractivity contribution is 5.80. The largest absolute Gasteiger partial charge is 0.481 e. The number of nitrogens with zero attached hydrogens (tertiary/aromatic N) is 3. The smallest absolute Gasteiger partial charge is 0.416 e. The van der Waals surface area contributed by atoms with Crippen molar-refractivity contribution in [2.24, 2.45) is 5.41 Å². The molecule has 8 nitrogen and oxygen atoms in total. The summed E-state index contributed by atoms with van der Waals surface area (Å²) in [7, 11) is 0. The Kier molecular flexibility index (Phi) is 6.60. The molecule has 0 aliphatic carbocycles. The van der Waals surface area contributed by atoms with E-state index in [9.17, 15) is 23.1 Å². The van der Waals surface area contributed by atoms with Crippen LogP contribution in [0.2, 0.25) is 0 Å². The second-order valence-electron chi connectivity index (χ2n) is 9.42. The minimum Gasteiger partial charge on any atom is -0.481 e. The summed E-state index contributed by atoms with van der Waals surface area (Å²) in [4.78, 5) is 25.8. The fraction of sp³-hybridized carbons (Fsp3) is 0.480. The van der Waals surface area contributed by atoms with E-state index in [4.69, 9.17) is 9.47 Å². The molecule has 0 atom stereocenters. The lowest BCUT2D eigenvalue weighted by Gasteiger charge is -2.37. The van der Waals surface area contributed by atoms with Gasteiger partial charge in [0.05, 0.1) is 34.7 Å².